The van der Waals surface area contributed by atoms with E-state index in [9.17, 15) is 13.2 Å². The highest BCUT2D eigenvalue weighted by molar-refractivity contribution is 7.86. The standard InChI is InChI=1S/C18H24O4S/c1-15-9-11-18(12-10-15)23(20,21)22-13-4-2-3-6-16-7-5-8-17(19)14-16/h5,8-12,16H,2-4,6-7,13-14H2,1H3. The van der Waals surface area contributed by atoms with Gasteiger partial charge in [0, 0.05) is 6.42 Å². The van der Waals surface area contributed by atoms with Crippen LogP contribution in [0.2, 0.25) is 0 Å². The molecule has 0 saturated carbocycles. The molecule has 0 fully saturated rings. The van der Waals surface area contributed by atoms with Crippen LogP contribution in [0.5, 0.6) is 0 Å². The highest BCUT2D eigenvalue weighted by atomic mass is 32.2. The van der Waals surface area contributed by atoms with Gasteiger partial charge in [-0.3, -0.25) is 8.98 Å². The summed E-state index contributed by atoms with van der Waals surface area (Å²) in [5.41, 5.74) is 1.01. The van der Waals surface area contributed by atoms with E-state index in [4.69, 9.17) is 4.18 Å². The van der Waals surface area contributed by atoms with Crippen LogP contribution in [0, 0.1) is 12.8 Å². The van der Waals surface area contributed by atoms with Crippen LogP contribution in [0.4, 0.5) is 0 Å². The lowest BCUT2D eigenvalue weighted by atomic mass is 9.89. The number of ketones is 1. The van der Waals surface area contributed by atoms with Crippen molar-refractivity contribution in [2.45, 2.75) is 50.3 Å². The van der Waals surface area contributed by atoms with E-state index in [1.165, 1.54) is 0 Å². The Kier molecular flexibility index (Phi) is 6.54. The van der Waals surface area contributed by atoms with Crippen LogP contribution in [0.3, 0.4) is 0 Å². The zero-order valence-electron chi connectivity index (χ0n) is 13.5. The molecule has 1 aromatic rings. The lowest BCUT2D eigenvalue weighted by molar-refractivity contribution is -0.115. The van der Waals surface area contributed by atoms with Crippen LogP contribution in [0.25, 0.3) is 0 Å². The van der Waals surface area contributed by atoms with Crippen LogP contribution in [-0.4, -0.2) is 20.8 Å². The molecule has 0 aliphatic heterocycles. The minimum atomic E-state index is -3.65. The third kappa shape index (κ3) is 5.92. The summed E-state index contributed by atoms with van der Waals surface area (Å²) in [6, 6.07) is 6.66. The van der Waals surface area contributed by atoms with Gasteiger partial charge in [0.25, 0.3) is 10.1 Å². The Morgan fingerprint density at radius 3 is 2.57 bits per heavy atom. The van der Waals surface area contributed by atoms with Crippen molar-refractivity contribution in [2.75, 3.05) is 6.61 Å². The Labute approximate surface area is 138 Å². The van der Waals surface area contributed by atoms with Gasteiger partial charge in [-0.2, -0.15) is 8.42 Å². The van der Waals surface area contributed by atoms with Crippen molar-refractivity contribution >= 4 is 15.9 Å². The molecule has 0 radical (unpaired) electrons. The van der Waals surface area contributed by atoms with Crippen LogP contribution in [0.1, 0.15) is 44.1 Å². The molecule has 126 valence electrons. The number of allylic oxidation sites excluding steroid dienone is 2. The van der Waals surface area contributed by atoms with Crippen molar-refractivity contribution in [1.82, 2.24) is 0 Å². The van der Waals surface area contributed by atoms with Crippen molar-refractivity contribution in [3.05, 3.63) is 42.0 Å². The first-order valence-electron chi connectivity index (χ1n) is 8.13. The van der Waals surface area contributed by atoms with Gasteiger partial charge in [-0.05, 0) is 50.3 Å². The average molecular weight is 336 g/mol. The molecule has 0 spiro atoms. The Morgan fingerprint density at radius 1 is 1.13 bits per heavy atom. The van der Waals surface area contributed by atoms with Crippen molar-refractivity contribution < 1.29 is 17.4 Å². The van der Waals surface area contributed by atoms with Gasteiger partial charge in [0.15, 0.2) is 5.78 Å². The SMILES string of the molecule is Cc1ccc(S(=O)(=O)OCCCCCC2CC=CC(=O)C2)cc1. The number of carbonyl (C=O) groups is 1. The molecule has 0 amide bonds. The lowest BCUT2D eigenvalue weighted by Gasteiger charge is -2.16. The number of rotatable bonds is 8. The highest BCUT2D eigenvalue weighted by Crippen LogP contribution is 2.22. The quantitative estimate of drug-likeness (QED) is 0.535. The van der Waals surface area contributed by atoms with Crippen LogP contribution >= 0.6 is 0 Å². The Bertz CT molecular complexity index is 644. The summed E-state index contributed by atoms with van der Waals surface area (Å²) in [6.45, 7) is 2.12. The van der Waals surface area contributed by atoms with E-state index in [-0.39, 0.29) is 17.3 Å². The monoisotopic (exact) mass is 336 g/mol. The van der Waals surface area contributed by atoms with Gasteiger partial charge in [-0.25, -0.2) is 0 Å². The summed E-state index contributed by atoms with van der Waals surface area (Å²) in [4.78, 5) is 11.5. The fourth-order valence-electron chi connectivity index (χ4n) is 2.70. The van der Waals surface area contributed by atoms with Crippen LogP contribution in [-0.2, 0) is 19.1 Å². The van der Waals surface area contributed by atoms with E-state index in [2.05, 4.69) is 0 Å². The second kappa shape index (κ2) is 8.41. The second-order valence-electron chi connectivity index (χ2n) is 6.11. The smallest absolute Gasteiger partial charge is 0.295 e. The summed E-state index contributed by atoms with van der Waals surface area (Å²) in [7, 11) is -3.65. The minimum Gasteiger partial charge on any atom is -0.295 e. The first-order valence-corrected chi connectivity index (χ1v) is 9.54. The molecule has 1 aliphatic carbocycles. The van der Waals surface area contributed by atoms with Gasteiger partial charge in [-0.1, -0.05) is 36.6 Å². The Morgan fingerprint density at radius 2 is 1.87 bits per heavy atom. The zero-order valence-corrected chi connectivity index (χ0v) is 14.3. The first-order chi connectivity index (χ1) is 11.0. The summed E-state index contributed by atoms with van der Waals surface area (Å²) in [6.07, 6.45) is 8.88. The van der Waals surface area contributed by atoms with Gasteiger partial charge >= 0.3 is 0 Å². The van der Waals surface area contributed by atoms with Crippen molar-refractivity contribution in [3.63, 3.8) is 0 Å². The third-order valence-corrected chi connectivity index (χ3v) is 5.39. The van der Waals surface area contributed by atoms with E-state index in [0.29, 0.717) is 18.8 Å². The Hall–Kier alpha value is -1.46. The number of hydrogen-bond donors (Lipinski definition) is 0. The molecule has 1 unspecified atom stereocenters. The van der Waals surface area contributed by atoms with Gasteiger partial charge in [0.1, 0.15) is 0 Å². The molecule has 0 N–H and O–H groups in total. The maximum atomic E-state index is 12.0. The average Bonchev–Trinajstić information content (AvgIpc) is 2.51. The topological polar surface area (TPSA) is 60.4 Å². The molecule has 1 aliphatic rings. The van der Waals surface area contributed by atoms with Crippen LogP contribution in [0.15, 0.2) is 41.3 Å². The number of benzene rings is 1. The van der Waals surface area contributed by atoms with E-state index in [0.717, 1.165) is 31.2 Å². The molecule has 2 rings (SSSR count). The lowest BCUT2D eigenvalue weighted by Crippen LogP contribution is -2.10. The van der Waals surface area contributed by atoms with Gasteiger partial charge < -0.3 is 0 Å². The zero-order chi connectivity index (χ0) is 16.7. The van der Waals surface area contributed by atoms with E-state index >= 15 is 0 Å². The highest BCUT2D eigenvalue weighted by Gasteiger charge is 2.16. The molecular formula is C18H24O4S. The molecule has 23 heavy (non-hydrogen) atoms. The Balaban J connectivity index is 1.64. The molecule has 0 heterocycles. The van der Waals surface area contributed by atoms with Gasteiger partial charge in [0.05, 0.1) is 11.5 Å². The fourth-order valence-corrected chi connectivity index (χ4v) is 3.64. The molecular weight excluding hydrogens is 312 g/mol. The summed E-state index contributed by atoms with van der Waals surface area (Å²) >= 11 is 0. The fraction of sp³-hybridized carbons (Fsp3) is 0.500. The molecule has 1 atom stereocenters. The molecule has 5 heteroatoms. The van der Waals surface area contributed by atoms with E-state index < -0.39 is 10.1 Å². The number of aryl methyl sites for hydroxylation is 1. The molecule has 1 aromatic carbocycles. The predicted octanol–water partition coefficient (Wildman–Crippen LogP) is 3.80. The minimum absolute atomic E-state index is 0.204. The molecule has 4 nitrogen and oxygen atoms in total. The van der Waals surface area contributed by atoms with Gasteiger partial charge in [0.2, 0.25) is 0 Å². The third-order valence-electron chi connectivity index (χ3n) is 4.07. The summed E-state index contributed by atoms with van der Waals surface area (Å²) in [5, 5.41) is 0. The number of unbranched alkanes of at least 4 members (excludes halogenated alkanes) is 2. The first kappa shape index (κ1) is 17.9. The second-order valence-corrected chi connectivity index (χ2v) is 7.73. The number of hydrogen-bond acceptors (Lipinski definition) is 4. The molecule has 0 saturated heterocycles. The number of carbonyl (C=O) groups excluding carboxylic acids is 1. The van der Waals surface area contributed by atoms with Crippen LogP contribution < -0.4 is 0 Å². The normalized spacial score (nSPS) is 18.3. The molecule has 0 aromatic heterocycles. The maximum absolute atomic E-state index is 12.0. The molecule has 0 bridgehead atoms. The van der Waals surface area contributed by atoms with Gasteiger partial charge in [-0.15, -0.1) is 0 Å². The van der Waals surface area contributed by atoms with E-state index in [1.807, 2.05) is 13.0 Å². The summed E-state index contributed by atoms with van der Waals surface area (Å²) in [5.74, 6) is 0.665. The van der Waals surface area contributed by atoms with Crippen molar-refractivity contribution in [1.29, 1.82) is 0 Å². The maximum Gasteiger partial charge on any atom is 0.296 e. The largest absolute Gasteiger partial charge is 0.296 e. The summed E-state index contributed by atoms with van der Waals surface area (Å²) < 4.78 is 29.1. The van der Waals surface area contributed by atoms with E-state index in [1.54, 1.807) is 30.3 Å². The predicted molar refractivity (Wildman–Crippen MR) is 89.7 cm³/mol. The van der Waals surface area contributed by atoms with Crippen molar-refractivity contribution in [3.8, 4) is 0 Å². The van der Waals surface area contributed by atoms with Crippen molar-refractivity contribution in [2.24, 2.45) is 5.92 Å².